The van der Waals surface area contributed by atoms with Crippen molar-refractivity contribution in [2.45, 2.75) is 6.04 Å². The van der Waals surface area contributed by atoms with Crippen LogP contribution >= 0.6 is 0 Å². The number of hydrogen-bond acceptors (Lipinski definition) is 4. The maximum absolute atomic E-state index is 11.2. The van der Waals surface area contributed by atoms with Gasteiger partial charge in [0.1, 0.15) is 17.3 Å². The van der Waals surface area contributed by atoms with Crippen molar-refractivity contribution >= 4 is 11.8 Å². The molecule has 0 bridgehead atoms. The molecule has 1 aliphatic heterocycles. The molecule has 1 atom stereocenters. The highest BCUT2D eigenvalue weighted by molar-refractivity contribution is 5.90. The predicted molar refractivity (Wildman–Crippen MR) is 72.7 cm³/mol. The van der Waals surface area contributed by atoms with Crippen LogP contribution in [0, 0.1) is 0 Å². The lowest BCUT2D eigenvalue weighted by Gasteiger charge is -2.23. The molecule has 2 N–H and O–H groups in total. The molecule has 2 heterocycles. The van der Waals surface area contributed by atoms with Crippen LogP contribution in [0.4, 0.5) is 5.82 Å². The second kappa shape index (κ2) is 4.73. The number of carbonyl (C=O) groups is 1. The van der Waals surface area contributed by atoms with Crippen LogP contribution < -0.4 is 10.1 Å². The summed E-state index contributed by atoms with van der Waals surface area (Å²) in [5.74, 6) is 0.424. The Kier molecular flexibility index (Phi) is 2.90. The Morgan fingerprint density at radius 1 is 1.35 bits per heavy atom. The van der Waals surface area contributed by atoms with Crippen molar-refractivity contribution in [3.05, 3.63) is 53.9 Å². The predicted octanol–water partition coefficient (Wildman–Crippen LogP) is 1.88. The molecule has 102 valence electrons. The SMILES string of the molecule is COc1ccc(C2C=C(C(=O)O)Nc3ccnn32)cc1. The number of allylic oxidation sites excluding steroid dienone is 1. The fraction of sp³-hybridized carbons (Fsp3) is 0.143. The molecular weight excluding hydrogens is 258 g/mol. The van der Waals surface area contributed by atoms with E-state index in [-0.39, 0.29) is 11.7 Å². The number of carboxylic acids is 1. The number of methoxy groups -OCH3 is 1. The summed E-state index contributed by atoms with van der Waals surface area (Å²) in [5.41, 5.74) is 1.09. The number of anilines is 1. The van der Waals surface area contributed by atoms with Gasteiger partial charge in [0.05, 0.1) is 19.3 Å². The molecule has 1 aromatic carbocycles. The maximum Gasteiger partial charge on any atom is 0.352 e. The van der Waals surface area contributed by atoms with Crippen LogP contribution in [0.5, 0.6) is 5.75 Å². The summed E-state index contributed by atoms with van der Waals surface area (Å²) < 4.78 is 6.87. The van der Waals surface area contributed by atoms with Crippen LogP contribution in [0.3, 0.4) is 0 Å². The molecule has 3 rings (SSSR count). The van der Waals surface area contributed by atoms with Gasteiger partial charge >= 0.3 is 5.97 Å². The van der Waals surface area contributed by atoms with Gasteiger partial charge in [-0.1, -0.05) is 12.1 Å². The second-order valence-corrected chi connectivity index (χ2v) is 4.39. The zero-order valence-electron chi connectivity index (χ0n) is 10.8. The van der Waals surface area contributed by atoms with Crippen molar-refractivity contribution in [1.82, 2.24) is 9.78 Å². The van der Waals surface area contributed by atoms with Crippen LogP contribution in [-0.4, -0.2) is 28.0 Å². The zero-order valence-corrected chi connectivity index (χ0v) is 10.8. The average molecular weight is 271 g/mol. The molecule has 0 saturated carbocycles. The Bertz CT molecular complexity index is 673. The summed E-state index contributed by atoms with van der Waals surface area (Å²) in [4.78, 5) is 11.2. The lowest BCUT2D eigenvalue weighted by Crippen LogP contribution is -2.23. The molecule has 0 saturated heterocycles. The van der Waals surface area contributed by atoms with E-state index in [1.54, 1.807) is 30.1 Å². The Morgan fingerprint density at radius 3 is 2.75 bits per heavy atom. The summed E-state index contributed by atoms with van der Waals surface area (Å²) in [6.07, 6.45) is 3.28. The molecule has 1 unspecified atom stereocenters. The number of aliphatic carboxylic acids is 1. The molecule has 1 aromatic heterocycles. The van der Waals surface area contributed by atoms with E-state index in [4.69, 9.17) is 9.84 Å². The summed E-state index contributed by atoms with van der Waals surface area (Å²) in [6, 6.07) is 8.97. The van der Waals surface area contributed by atoms with Crippen molar-refractivity contribution in [2.24, 2.45) is 0 Å². The van der Waals surface area contributed by atoms with Gasteiger partial charge in [-0.15, -0.1) is 0 Å². The van der Waals surface area contributed by atoms with Crippen molar-refractivity contribution in [1.29, 1.82) is 0 Å². The van der Waals surface area contributed by atoms with E-state index in [1.807, 2.05) is 24.3 Å². The minimum absolute atomic E-state index is 0.152. The number of ether oxygens (including phenoxy) is 1. The molecule has 6 heteroatoms. The summed E-state index contributed by atoms with van der Waals surface area (Å²) in [7, 11) is 1.60. The Labute approximate surface area is 115 Å². The quantitative estimate of drug-likeness (QED) is 0.891. The molecule has 1 aliphatic rings. The van der Waals surface area contributed by atoms with Crippen LogP contribution in [-0.2, 0) is 4.79 Å². The number of nitrogens with one attached hydrogen (secondary N) is 1. The van der Waals surface area contributed by atoms with Gasteiger partial charge in [0.15, 0.2) is 0 Å². The van der Waals surface area contributed by atoms with Crippen LogP contribution in [0.1, 0.15) is 11.6 Å². The molecule has 20 heavy (non-hydrogen) atoms. The van der Waals surface area contributed by atoms with Crippen LogP contribution in [0.25, 0.3) is 0 Å². The van der Waals surface area contributed by atoms with E-state index in [2.05, 4.69) is 10.4 Å². The molecule has 0 spiro atoms. The summed E-state index contributed by atoms with van der Waals surface area (Å²) in [6.45, 7) is 0. The topological polar surface area (TPSA) is 76.4 Å². The third-order valence-electron chi connectivity index (χ3n) is 3.21. The maximum atomic E-state index is 11.2. The van der Waals surface area contributed by atoms with E-state index in [0.29, 0.717) is 5.82 Å². The van der Waals surface area contributed by atoms with Crippen LogP contribution in [0.2, 0.25) is 0 Å². The molecule has 2 aromatic rings. The Morgan fingerprint density at radius 2 is 2.10 bits per heavy atom. The fourth-order valence-corrected chi connectivity index (χ4v) is 2.21. The number of hydrogen-bond donors (Lipinski definition) is 2. The highest BCUT2D eigenvalue weighted by atomic mass is 16.5. The van der Waals surface area contributed by atoms with Gasteiger partial charge in [-0.25, -0.2) is 9.48 Å². The molecule has 0 radical (unpaired) electrons. The average Bonchev–Trinajstić information content (AvgIpc) is 2.94. The number of benzene rings is 1. The number of aromatic nitrogens is 2. The molecule has 0 amide bonds. The number of carboxylic acid groups (broad SMARTS) is 1. The zero-order chi connectivity index (χ0) is 14.1. The molecule has 6 nitrogen and oxygen atoms in total. The van der Waals surface area contributed by atoms with Gasteiger partial charge in [-0.3, -0.25) is 0 Å². The van der Waals surface area contributed by atoms with Gasteiger partial charge in [0.2, 0.25) is 0 Å². The second-order valence-electron chi connectivity index (χ2n) is 4.39. The first-order valence-corrected chi connectivity index (χ1v) is 6.08. The smallest absolute Gasteiger partial charge is 0.352 e. The molecular formula is C14H13N3O3. The first kappa shape index (κ1) is 12.3. The van der Waals surface area contributed by atoms with E-state index in [9.17, 15) is 4.79 Å². The van der Waals surface area contributed by atoms with Crippen LogP contribution in [0.15, 0.2) is 48.3 Å². The minimum Gasteiger partial charge on any atom is -0.497 e. The van der Waals surface area contributed by atoms with E-state index >= 15 is 0 Å². The van der Waals surface area contributed by atoms with E-state index in [1.165, 1.54) is 0 Å². The van der Waals surface area contributed by atoms with Crippen molar-refractivity contribution in [2.75, 3.05) is 12.4 Å². The molecule has 0 aliphatic carbocycles. The number of nitrogens with zero attached hydrogens (tertiary/aromatic N) is 2. The van der Waals surface area contributed by atoms with E-state index in [0.717, 1.165) is 11.3 Å². The number of rotatable bonds is 3. The lowest BCUT2D eigenvalue weighted by molar-refractivity contribution is -0.132. The van der Waals surface area contributed by atoms with Gasteiger partial charge in [-0.05, 0) is 23.8 Å². The fourth-order valence-electron chi connectivity index (χ4n) is 2.21. The monoisotopic (exact) mass is 271 g/mol. The van der Waals surface area contributed by atoms with Crippen molar-refractivity contribution < 1.29 is 14.6 Å². The third-order valence-corrected chi connectivity index (χ3v) is 3.21. The number of fused-ring (bicyclic) bond motifs is 1. The van der Waals surface area contributed by atoms with Gasteiger partial charge in [-0.2, -0.15) is 5.10 Å². The largest absolute Gasteiger partial charge is 0.497 e. The minimum atomic E-state index is -0.990. The first-order valence-electron chi connectivity index (χ1n) is 6.08. The van der Waals surface area contributed by atoms with Crippen molar-refractivity contribution in [3.63, 3.8) is 0 Å². The van der Waals surface area contributed by atoms with Gasteiger partial charge in [0, 0.05) is 6.07 Å². The van der Waals surface area contributed by atoms with Gasteiger partial charge < -0.3 is 15.2 Å². The highest BCUT2D eigenvalue weighted by Crippen LogP contribution is 2.30. The third kappa shape index (κ3) is 2.01. The standard InChI is InChI=1S/C14H13N3O3/c1-20-10-4-2-9(3-5-10)12-8-11(14(18)19)16-13-6-7-15-17(12)13/h2-8,12,16H,1H3,(H,18,19). The summed E-state index contributed by atoms with van der Waals surface area (Å²) in [5, 5.41) is 16.2. The van der Waals surface area contributed by atoms with Gasteiger partial charge in [0.25, 0.3) is 0 Å². The summed E-state index contributed by atoms with van der Waals surface area (Å²) >= 11 is 0. The Hall–Kier alpha value is -2.76. The van der Waals surface area contributed by atoms with E-state index < -0.39 is 5.97 Å². The first-order chi connectivity index (χ1) is 9.69. The highest BCUT2D eigenvalue weighted by Gasteiger charge is 2.24. The lowest BCUT2D eigenvalue weighted by atomic mass is 10.0. The normalized spacial score (nSPS) is 16.9. The Balaban J connectivity index is 2.04. The van der Waals surface area contributed by atoms with Crippen molar-refractivity contribution in [3.8, 4) is 5.75 Å². The molecule has 0 fully saturated rings.